The summed E-state index contributed by atoms with van der Waals surface area (Å²) in [4.78, 5) is 5.20. The lowest BCUT2D eigenvalue weighted by Crippen LogP contribution is -1.99. The first-order chi connectivity index (χ1) is 29.8. The van der Waals surface area contributed by atoms with Crippen molar-refractivity contribution in [1.82, 2.24) is 22.9 Å². The van der Waals surface area contributed by atoms with Crippen LogP contribution in [0.4, 0.5) is 0 Å². The molecule has 0 saturated carbocycles. The van der Waals surface area contributed by atoms with Crippen LogP contribution < -0.4 is 0 Å². The molecule has 0 bridgehead atoms. The van der Waals surface area contributed by atoms with Gasteiger partial charge in [0.1, 0.15) is 0 Å². The van der Waals surface area contributed by atoms with Gasteiger partial charge in [-0.1, -0.05) is 140 Å². The summed E-state index contributed by atoms with van der Waals surface area (Å²) in [5.41, 5.74) is 12.4. The minimum Gasteiger partial charge on any atom is -0.307 e. The molecule has 0 N–H and O–H groups in total. The van der Waals surface area contributed by atoms with Gasteiger partial charge in [-0.2, -0.15) is 0 Å². The molecule has 0 unspecified atom stereocenters. The fourth-order valence-corrected chi connectivity index (χ4v) is 10.5. The van der Waals surface area contributed by atoms with Gasteiger partial charge in [0.2, 0.25) is 5.78 Å². The van der Waals surface area contributed by atoms with E-state index in [2.05, 4.69) is 218 Å². The zero-order valence-corrected chi connectivity index (χ0v) is 32.3. The van der Waals surface area contributed by atoms with Crippen molar-refractivity contribution in [2.75, 3.05) is 0 Å². The molecule has 5 aromatic heterocycles. The van der Waals surface area contributed by atoms with Gasteiger partial charge in [0.25, 0.3) is 0 Å². The Balaban J connectivity index is 1.18. The molecule has 5 heterocycles. The second-order valence-electron chi connectivity index (χ2n) is 15.9. The van der Waals surface area contributed by atoms with Gasteiger partial charge in [-0.25, -0.2) is 4.98 Å². The minimum absolute atomic E-state index is 0.905. The van der Waals surface area contributed by atoms with E-state index >= 15 is 0 Å². The molecule has 0 radical (unpaired) electrons. The molecule has 9 aromatic carbocycles. The van der Waals surface area contributed by atoms with Crippen molar-refractivity contribution >= 4 is 109 Å². The number of aromatic nitrogens is 5. The topological polar surface area (TPSA) is 31.6 Å². The maximum atomic E-state index is 5.20. The summed E-state index contributed by atoms with van der Waals surface area (Å²) in [5.74, 6) is 0.905. The number of imidazole rings is 2. The summed E-state index contributed by atoms with van der Waals surface area (Å²) >= 11 is 0. The first-order valence-corrected chi connectivity index (χ1v) is 20.6. The fourth-order valence-electron chi connectivity index (χ4n) is 10.5. The molecule has 0 atom stereocenters. The Labute approximate surface area is 342 Å². The maximum absolute atomic E-state index is 5.20. The van der Waals surface area contributed by atoms with Crippen LogP contribution in [0.15, 0.2) is 200 Å². The fraction of sp³-hybridized carbons (Fsp3) is 0. The normalized spacial score (nSPS) is 12.3. The Hall–Kier alpha value is -8.15. The molecule has 60 heavy (non-hydrogen) atoms. The Morgan fingerprint density at radius 1 is 0.283 bits per heavy atom. The first-order valence-electron chi connectivity index (χ1n) is 20.6. The van der Waals surface area contributed by atoms with Gasteiger partial charge in [0, 0.05) is 38.0 Å². The lowest BCUT2D eigenvalue weighted by molar-refractivity contribution is 1.11. The molecule has 0 saturated heterocycles. The van der Waals surface area contributed by atoms with Gasteiger partial charge in [-0.15, -0.1) is 0 Å². The quantitative estimate of drug-likeness (QED) is 0.173. The zero-order chi connectivity index (χ0) is 39.1. The van der Waals surface area contributed by atoms with Crippen LogP contribution in [0.2, 0.25) is 0 Å². The third-order valence-electron chi connectivity index (χ3n) is 12.9. The molecule has 5 nitrogen and oxygen atoms in total. The van der Waals surface area contributed by atoms with Crippen LogP contribution >= 0.6 is 0 Å². The van der Waals surface area contributed by atoms with E-state index in [1.54, 1.807) is 0 Å². The molecule has 278 valence electrons. The van der Waals surface area contributed by atoms with Crippen molar-refractivity contribution in [2.24, 2.45) is 0 Å². The monoisotopic (exact) mass is 763 g/mol. The van der Waals surface area contributed by atoms with Crippen molar-refractivity contribution in [2.45, 2.75) is 0 Å². The summed E-state index contributed by atoms with van der Waals surface area (Å²) in [5, 5.41) is 12.2. The molecule has 0 fully saturated rings. The number of para-hydroxylation sites is 8. The number of nitrogens with zero attached hydrogens (tertiary/aromatic N) is 5. The van der Waals surface area contributed by atoms with Gasteiger partial charge >= 0.3 is 0 Å². The van der Waals surface area contributed by atoms with Crippen molar-refractivity contribution in [1.29, 1.82) is 0 Å². The van der Waals surface area contributed by atoms with E-state index in [9.17, 15) is 0 Å². The number of benzene rings is 9. The van der Waals surface area contributed by atoms with Crippen LogP contribution in [-0.4, -0.2) is 22.9 Å². The van der Waals surface area contributed by atoms with Crippen LogP contribution in [0.1, 0.15) is 0 Å². The molecule has 0 amide bonds. The van der Waals surface area contributed by atoms with Gasteiger partial charge in [-0.05, 0) is 82.2 Å². The molecule has 0 aliphatic heterocycles. The highest BCUT2D eigenvalue weighted by Crippen LogP contribution is 2.42. The SMILES string of the molecule is c1ccc2c(c1)nc1n(-c3ccc4c(c3)c3ccccc3n4-c3cccc4c5ccccc5c5ccccc5c5cccc6c7ccccc7n(c34)c56)c3ccccc3n21. The predicted molar refractivity (Wildman–Crippen MR) is 251 cm³/mol. The number of rotatable bonds is 2. The minimum atomic E-state index is 0.905. The highest BCUT2D eigenvalue weighted by Gasteiger charge is 2.22. The largest absolute Gasteiger partial charge is 0.307 e. The average Bonchev–Trinajstić information content (AvgIpc) is 4.05. The van der Waals surface area contributed by atoms with E-state index in [4.69, 9.17) is 4.98 Å². The standard InChI is InChI=1S/C55H33N5/c1-3-17-37-35(15-1)36-16-2-4-18-38(36)42-23-14-30-52(54(42)60-47-26-9-5-19-39(47)43-22-13-21-41(37)53(43)60)58-46-25-8-6-20-40(46)44-33-34(31-32-48(44)58)57-50-28-11-12-29-51(50)59-49-27-10-7-24-45(49)56-55(57)59/h1-33H. The van der Waals surface area contributed by atoms with Crippen LogP contribution in [0.3, 0.4) is 0 Å². The van der Waals surface area contributed by atoms with Crippen molar-refractivity contribution in [3.05, 3.63) is 200 Å². The second-order valence-corrected chi connectivity index (χ2v) is 15.9. The van der Waals surface area contributed by atoms with Gasteiger partial charge < -0.3 is 8.97 Å². The van der Waals surface area contributed by atoms with E-state index in [0.717, 1.165) is 55.8 Å². The molecule has 14 rings (SSSR count). The first kappa shape index (κ1) is 31.9. The zero-order valence-electron chi connectivity index (χ0n) is 32.3. The van der Waals surface area contributed by atoms with Gasteiger partial charge in [-0.3, -0.25) is 8.97 Å². The Bertz CT molecular complexity index is 4190. The van der Waals surface area contributed by atoms with Crippen LogP contribution in [0.5, 0.6) is 0 Å². The van der Waals surface area contributed by atoms with Crippen LogP contribution in [-0.2, 0) is 0 Å². The molecule has 14 aromatic rings. The number of fused-ring (bicyclic) bond motifs is 18. The molecule has 0 aliphatic carbocycles. The summed E-state index contributed by atoms with van der Waals surface area (Å²) in [6.07, 6.45) is 0. The second kappa shape index (κ2) is 11.7. The van der Waals surface area contributed by atoms with E-state index in [1.165, 1.54) is 64.9 Å². The van der Waals surface area contributed by atoms with E-state index < -0.39 is 0 Å². The molecular formula is C55H33N5. The predicted octanol–water partition coefficient (Wildman–Crippen LogP) is 14.1. The van der Waals surface area contributed by atoms with Crippen molar-refractivity contribution in [3.63, 3.8) is 0 Å². The Morgan fingerprint density at radius 2 is 0.767 bits per heavy atom. The molecular weight excluding hydrogens is 731 g/mol. The number of hydrogen-bond donors (Lipinski definition) is 0. The summed E-state index contributed by atoms with van der Waals surface area (Å²) in [6.45, 7) is 0. The highest BCUT2D eigenvalue weighted by atomic mass is 15.2. The highest BCUT2D eigenvalue weighted by molar-refractivity contribution is 6.26. The molecule has 0 spiro atoms. The van der Waals surface area contributed by atoms with Crippen molar-refractivity contribution in [3.8, 4) is 11.4 Å². The lowest BCUT2D eigenvalue weighted by atomic mass is 10.0. The van der Waals surface area contributed by atoms with Crippen LogP contribution in [0, 0.1) is 0 Å². The van der Waals surface area contributed by atoms with Crippen LogP contribution in [0.25, 0.3) is 121 Å². The summed E-state index contributed by atoms with van der Waals surface area (Å²) in [7, 11) is 0. The molecule has 5 heteroatoms. The van der Waals surface area contributed by atoms with Gasteiger partial charge in [0.15, 0.2) is 0 Å². The Morgan fingerprint density at radius 3 is 1.48 bits per heavy atom. The van der Waals surface area contributed by atoms with E-state index in [0.29, 0.717) is 0 Å². The van der Waals surface area contributed by atoms with Crippen molar-refractivity contribution < 1.29 is 0 Å². The Kier molecular flexibility index (Phi) is 6.23. The smallest absolute Gasteiger partial charge is 0.220 e. The maximum Gasteiger partial charge on any atom is 0.220 e. The van der Waals surface area contributed by atoms with E-state index in [-0.39, 0.29) is 0 Å². The molecule has 0 aliphatic rings. The van der Waals surface area contributed by atoms with E-state index in [1.807, 2.05) is 0 Å². The van der Waals surface area contributed by atoms with Gasteiger partial charge in [0.05, 0.1) is 55.3 Å². The summed E-state index contributed by atoms with van der Waals surface area (Å²) < 4.78 is 9.66. The third-order valence-corrected chi connectivity index (χ3v) is 12.9. The third kappa shape index (κ3) is 4.08. The summed E-state index contributed by atoms with van der Waals surface area (Å²) in [6, 6.07) is 73.3. The lowest BCUT2D eigenvalue weighted by Gasteiger charge is -2.14. The number of hydrogen-bond acceptors (Lipinski definition) is 1. The average molecular weight is 764 g/mol.